The third-order valence-corrected chi connectivity index (χ3v) is 5.32. The number of hydrogen-bond acceptors (Lipinski definition) is 6. The van der Waals surface area contributed by atoms with Crippen LogP contribution in [0, 0.1) is 0 Å². The number of aliphatic hydroxyl groups excluding tert-OH is 3. The van der Waals surface area contributed by atoms with Crippen LogP contribution < -0.4 is 5.73 Å². The van der Waals surface area contributed by atoms with E-state index >= 15 is 0 Å². The predicted molar refractivity (Wildman–Crippen MR) is 109 cm³/mol. The van der Waals surface area contributed by atoms with E-state index < -0.39 is 30.3 Å². The van der Waals surface area contributed by atoms with E-state index in [1.807, 2.05) is 0 Å². The Balaban J connectivity index is 3.66. The van der Waals surface area contributed by atoms with Gasteiger partial charge in [0.2, 0.25) is 0 Å². The fraction of sp³-hybridized carbons (Fsp3) is 0.905. The summed E-state index contributed by atoms with van der Waals surface area (Å²) in [7, 11) is 0. The largest absolute Gasteiger partial charge is 0.480 e. The third kappa shape index (κ3) is 11.1. The van der Waals surface area contributed by atoms with Gasteiger partial charge in [-0.15, -0.1) is 0 Å². The predicted octanol–water partition coefficient (Wildman–Crippen LogP) is 2.53. The average Bonchev–Trinajstić information content (AvgIpc) is 2.68. The number of hydrogen-bond donors (Lipinski definition) is 5. The molecule has 0 heterocycles. The molecule has 0 amide bonds. The number of carbonyl (C=O) groups excluding carboxylic acids is 1. The molecule has 7 heteroatoms. The van der Waals surface area contributed by atoms with Crippen LogP contribution in [0.15, 0.2) is 0 Å². The van der Waals surface area contributed by atoms with Gasteiger partial charge in [-0.1, -0.05) is 64.7 Å². The fourth-order valence-corrected chi connectivity index (χ4v) is 3.22. The Hall–Kier alpha value is -1.02. The van der Waals surface area contributed by atoms with Crippen LogP contribution in [0.5, 0.6) is 0 Å². The van der Waals surface area contributed by atoms with E-state index in [2.05, 4.69) is 6.92 Å². The smallest absolute Gasteiger partial charge is 0.328 e. The van der Waals surface area contributed by atoms with Gasteiger partial charge in [0.25, 0.3) is 0 Å². The van der Waals surface area contributed by atoms with E-state index in [9.17, 15) is 19.8 Å². The molecule has 0 bridgehead atoms. The molecule has 3 atom stereocenters. The van der Waals surface area contributed by atoms with Gasteiger partial charge in [-0.2, -0.15) is 0 Å². The van der Waals surface area contributed by atoms with E-state index in [1.165, 1.54) is 12.8 Å². The lowest BCUT2D eigenvalue weighted by molar-refractivity contribution is -0.155. The van der Waals surface area contributed by atoms with Gasteiger partial charge in [-0.25, -0.2) is 0 Å². The van der Waals surface area contributed by atoms with Crippen molar-refractivity contribution in [2.45, 2.75) is 115 Å². The minimum atomic E-state index is -2.24. The summed E-state index contributed by atoms with van der Waals surface area (Å²) >= 11 is 0. The number of unbranched alkanes of at least 4 members (excludes halogenated alkanes) is 9. The molecule has 166 valence electrons. The molecular weight excluding hydrogens is 362 g/mol. The summed E-state index contributed by atoms with van der Waals surface area (Å²) in [5.41, 5.74) is 3.22. The van der Waals surface area contributed by atoms with Gasteiger partial charge >= 0.3 is 5.97 Å². The topological polar surface area (TPSA) is 141 Å². The van der Waals surface area contributed by atoms with Crippen molar-refractivity contribution in [2.75, 3.05) is 6.61 Å². The zero-order valence-corrected chi connectivity index (χ0v) is 17.4. The molecule has 0 aromatic heterocycles. The first-order valence-corrected chi connectivity index (χ1v) is 10.8. The molecule has 0 saturated heterocycles. The van der Waals surface area contributed by atoms with Crippen LogP contribution in [0.2, 0.25) is 0 Å². The molecule has 0 rings (SSSR count). The van der Waals surface area contributed by atoms with Crippen molar-refractivity contribution in [2.24, 2.45) is 5.73 Å². The normalized spacial score (nSPS) is 15.8. The molecule has 7 nitrogen and oxygen atoms in total. The van der Waals surface area contributed by atoms with E-state index in [0.29, 0.717) is 18.6 Å². The van der Waals surface area contributed by atoms with Crippen LogP contribution in [-0.2, 0) is 9.59 Å². The summed E-state index contributed by atoms with van der Waals surface area (Å²) in [6.45, 7) is 1.22. The fourth-order valence-electron chi connectivity index (χ4n) is 3.22. The lowest BCUT2D eigenvalue weighted by Gasteiger charge is -2.31. The molecule has 28 heavy (non-hydrogen) atoms. The number of aliphatic hydroxyl groups is 3. The second-order valence-corrected chi connectivity index (χ2v) is 7.88. The summed E-state index contributed by atoms with van der Waals surface area (Å²) in [6.07, 6.45) is 9.83. The molecule has 0 saturated carbocycles. The second-order valence-electron chi connectivity index (χ2n) is 7.88. The minimum Gasteiger partial charge on any atom is -0.480 e. The van der Waals surface area contributed by atoms with Crippen LogP contribution in [-0.4, -0.2) is 56.5 Å². The number of carboxylic acids is 1. The highest BCUT2D eigenvalue weighted by Crippen LogP contribution is 2.17. The standard InChI is InChI=1S/C21H41NO6/c1-2-3-4-10-13-17(24)14-11-8-6-5-7-9-12-15-18(25)19(26)21(22,16-23)20(27)28/h18-19,23,25-26H,2-16,22H2,1H3,(H,27,28). The SMILES string of the molecule is CCCCCCC(=O)CCCCCCCCCC(O)C(O)C(N)(CO)C(=O)O. The highest BCUT2D eigenvalue weighted by Gasteiger charge is 2.44. The van der Waals surface area contributed by atoms with Crippen LogP contribution in [0.4, 0.5) is 0 Å². The lowest BCUT2D eigenvalue weighted by atomic mass is 9.88. The van der Waals surface area contributed by atoms with Crippen LogP contribution in [0.1, 0.15) is 96.8 Å². The van der Waals surface area contributed by atoms with Gasteiger partial charge in [0.15, 0.2) is 5.54 Å². The summed E-state index contributed by atoms with van der Waals surface area (Å²) in [4.78, 5) is 22.8. The Morgan fingerprint density at radius 2 is 1.32 bits per heavy atom. The number of ketones is 1. The van der Waals surface area contributed by atoms with Gasteiger partial charge in [-0.3, -0.25) is 9.59 Å². The van der Waals surface area contributed by atoms with Crippen LogP contribution in [0.25, 0.3) is 0 Å². The van der Waals surface area contributed by atoms with E-state index in [4.69, 9.17) is 15.9 Å². The van der Waals surface area contributed by atoms with Crippen molar-refractivity contribution in [1.82, 2.24) is 0 Å². The van der Waals surface area contributed by atoms with E-state index in [0.717, 1.165) is 57.8 Å². The molecule has 3 unspecified atom stereocenters. The van der Waals surface area contributed by atoms with Gasteiger partial charge < -0.3 is 26.2 Å². The number of carboxylic acid groups (broad SMARTS) is 1. The Bertz CT molecular complexity index is 431. The van der Waals surface area contributed by atoms with Gasteiger partial charge in [0.05, 0.1) is 12.7 Å². The Morgan fingerprint density at radius 1 is 0.857 bits per heavy atom. The number of aliphatic carboxylic acids is 1. The molecular formula is C21H41NO6. The number of carbonyl (C=O) groups is 2. The molecule has 0 spiro atoms. The highest BCUT2D eigenvalue weighted by molar-refractivity contribution is 5.79. The van der Waals surface area contributed by atoms with Crippen molar-refractivity contribution >= 4 is 11.8 Å². The maximum atomic E-state index is 11.7. The first-order valence-electron chi connectivity index (χ1n) is 10.8. The number of nitrogens with two attached hydrogens (primary N) is 1. The van der Waals surface area contributed by atoms with E-state index in [-0.39, 0.29) is 6.42 Å². The Labute approximate surface area is 169 Å². The van der Waals surface area contributed by atoms with Crippen LogP contribution >= 0.6 is 0 Å². The van der Waals surface area contributed by atoms with Crippen molar-refractivity contribution in [1.29, 1.82) is 0 Å². The molecule has 0 aliphatic heterocycles. The first-order chi connectivity index (χ1) is 13.3. The third-order valence-electron chi connectivity index (χ3n) is 5.32. The van der Waals surface area contributed by atoms with Crippen molar-refractivity contribution in [3.8, 4) is 0 Å². The lowest BCUT2D eigenvalue weighted by Crippen LogP contribution is -2.63. The molecule has 6 N–H and O–H groups in total. The quantitative estimate of drug-likeness (QED) is 0.209. The summed E-state index contributed by atoms with van der Waals surface area (Å²) in [5, 5.41) is 37.9. The van der Waals surface area contributed by atoms with Gasteiger partial charge in [0, 0.05) is 12.8 Å². The maximum Gasteiger partial charge on any atom is 0.328 e. The number of Topliss-reactive ketones (excluding diaryl/α,β-unsaturated/α-hetero) is 1. The monoisotopic (exact) mass is 403 g/mol. The van der Waals surface area contributed by atoms with Crippen LogP contribution in [0.3, 0.4) is 0 Å². The molecule has 0 radical (unpaired) electrons. The zero-order chi connectivity index (χ0) is 21.4. The first kappa shape index (κ1) is 27.0. The summed E-state index contributed by atoms with van der Waals surface area (Å²) in [5.74, 6) is -1.16. The number of rotatable bonds is 19. The van der Waals surface area contributed by atoms with Gasteiger partial charge in [0.1, 0.15) is 11.9 Å². The van der Waals surface area contributed by atoms with E-state index in [1.54, 1.807) is 0 Å². The second kappa shape index (κ2) is 15.9. The summed E-state index contributed by atoms with van der Waals surface area (Å²) < 4.78 is 0. The summed E-state index contributed by atoms with van der Waals surface area (Å²) in [6, 6.07) is 0. The zero-order valence-electron chi connectivity index (χ0n) is 17.4. The Morgan fingerprint density at radius 3 is 1.79 bits per heavy atom. The maximum absolute atomic E-state index is 11.7. The minimum absolute atomic E-state index is 0.236. The Kier molecular flexibility index (Phi) is 15.3. The molecule has 0 aliphatic carbocycles. The highest BCUT2D eigenvalue weighted by atomic mass is 16.4. The molecule has 0 aromatic carbocycles. The molecule has 0 aliphatic rings. The van der Waals surface area contributed by atoms with Crippen molar-refractivity contribution in [3.63, 3.8) is 0 Å². The molecule has 0 fully saturated rings. The van der Waals surface area contributed by atoms with Gasteiger partial charge in [-0.05, 0) is 19.3 Å². The molecule has 0 aromatic rings. The average molecular weight is 404 g/mol. The van der Waals surface area contributed by atoms with Crippen molar-refractivity contribution < 1.29 is 30.0 Å². The van der Waals surface area contributed by atoms with Crippen molar-refractivity contribution in [3.05, 3.63) is 0 Å².